The summed E-state index contributed by atoms with van der Waals surface area (Å²) >= 11 is 1.77. The average molecular weight is 301 g/mol. The summed E-state index contributed by atoms with van der Waals surface area (Å²) < 4.78 is 27.6. The van der Waals surface area contributed by atoms with E-state index in [9.17, 15) is 13.5 Å². The monoisotopic (exact) mass is 301 g/mol. The lowest BCUT2D eigenvalue weighted by atomic mass is 10.1. The molecule has 0 spiro atoms. The molecule has 6 heteroatoms. The highest BCUT2D eigenvalue weighted by molar-refractivity contribution is 7.99. The summed E-state index contributed by atoms with van der Waals surface area (Å²) in [6.07, 6.45) is 0.877. The molecule has 1 unspecified atom stereocenters. The van der Waals surface area contributed by atoms with Crippen molar-refractivity contribution in [1.82, 2.24) is 4.72 Å². The predicted molar refractivity (Wildman–Crippen MR) is 77.9 cm³/mol. The van der Waals surface area contributed by atoms with E-state index in [0.717, 1.165) is 29.1 Å². The van der Waals surface area contributed by atoms with Gasteiger partial charge in [-0.2, -0.15) is 11.8 Å². The first-order valence-electron chi connectivity index (χ1n) is 6.25. The molecule has 1 fully saturated rings. The lowest BCUT2D eigenvalue weighted by Crippen LogP contribution is -2.35. The fourth-order valence-corrected chi connectivity index (χ4v) is 5.08. The molecule has 0 amide bonds. The number of rotatable bonds is 4. The Hall–Kier alpha value is -0.560. The molecule has 1 heterocycles. The zero-order chi connectivity index (χ0) is 14.0. The molecule has 1 saturated heterocycles. The second kappa shape index (κ2) is 5.83. The zero-order valence-electron chi connectivity index (χ0n) is 11.1. The molecule has 2 rings (SSSR count). The first-order chi connectivity index (χ1) is 8.94. The minimum Gasteiger partial charge on any atom is -0.392 e. The van der Waals surface area contributed by atoms with Crippen LogP contribution in [0.3, 0.4) is 0 Å². The highest BCUT2D eigenvalue weighted by Gasteiger charge is 2.25. The van der Waals surface area contributed by atoms with Gasteiger partial charge in [0.1, 0.15) is 0 Å². The van der Waals surface area contributed by atoms with Crippen LogP contribution in [0.1, 0.15) is 23.1 Å². The largest absolute Gasteiger partial charge is 0.392 e. The van der Waals surface area contributed by atoms with E-state index in [1.54, 1.807) is 24.8 Å². The van der Waals surface area contributed by atoms with E-state index < -0.39 is 10.0 Å². The average Bonchev–Trinajstić information content (AvgIpc) is 2.84. The van der Waals surface area contributed by atoms with Crippen molar-refractivity contribution < 1.29 is 13.5 Å². The third kappa shape index (κ3) is 3.31. The number of aryl methyl sites for hydroxylation is 1. The van der Waals surface area contributed by atoms with Crippen LogP contribution >= 0.6 is 11.8 Å². The van der Waals surface area contributed by atoms with E-state index in [1.807, 2.05) is 13.0 Å². The van der Waals surface area contributed by atoms with Crippen LogP contribution < -0.4 is 4.72 Å². The van der Waals surface area contributed by atoms with Crippen molar-refractivity contribution >= 4 is 21.8 Å². The van der Waals surface area contributed by atoms with Crippen LogP contribution in [0.5, 0.6) is 0 Å². The van der Waals surface area contributed by atoms with Crippen molar-refractivity contribution in [2.75, 3.05) is 11.5 Å². The Balaban J connectivity index is 2.36. The Kier molecular flexibility index (Phi) is 4.55. The van der Waals surface area contributed by atoms with Gasteiger partial charge >= 0.3 is 0 Å². The van der Waals surface area contributed by atoms with Crippen LogP contribution in [0.15, 0.2) is 17.0 Å². The summed E-state index contributed by atoms with van der Waals surface area (Å²) in [5, 5.41) is 9.21. The smallest absolute Gasteiger partial charge is 0.241 e. The molecular weight excluding hydrogens is 282 g/mol. The van der Waals surface area contributed by atoms with Gasteiger partial charge < -0.3 is 5.11 Å². The van der Waals surface area contributed by atoms with Gasteiger partial charge in [0.15, 0.2) is 0 Å². The topological polar surface area (TPSA) is 66.4 Å². The van der Waals surface area contributed by atoms with E-state index in [4.69, 9.17) is 0 Å². The van der Waals surface area contributed by atoms with Crippen LogP contribution in [-0.4, -0.2) is 31.1 Å². The molecule has 0 saturated carbocycles. The molecule has 2 N–H and O–H groups in total. The van der Waals surface area contributed by atoms with E-state index >= 15 is 0 Å². The quantitative estimate of drug-likeness (QED) is 0.886. The standard InChI is InChI=1S/C13H19NO3S2/c1-9-5-11(7-15)6-13(10(9)2)19(16,17)14-12-3-4-18-8-12/h5-6,12,14-15H,3-4,7-8H2,1-2H3. The molecule has 0 aromatic heterocycles. The Bertz CT molecular complexity index is 563. The maximum atomic E-state index is 12.4. The second-order valence-electron chi connectivity index (χ2n) is 4.88. The van der Waals surface area contributed by atoms with Gasteiger partial charge in [0.05, 0.1) is 11.5 Å². The number of hydrogen-bond acceptors (Lipinski definition) is 4. The van der Waals surface area contributed by atoms with Crippen molar-refractivity contribution in [3.63, 3.8) is 0 Å². The predicted octanol–water partition coefficient (Wildman–Crippen LogP) is 1.58. The molecule has 0 bridgehead atoms. The number of benzene rings is 1. The van der Waals surface area contributed by atoms with Gasteiger partial charge in [-0.3, -0.25) is 0 Å². The number of thioether (sulfide) groups is 1. The Morgan fingerprint density at radius 3 is 2.74 bits per heavy atom. The molecule has 0 radical (unpaired) electrons. The molecular formula is C13H19NO3S2. The van der Waals surface area contributed by atoms with Gasteiger partial charge in [-0.25, -0.2) is 13.1 Å². The summed E-state index contributed by atoms with van der Waals surface area (Å²) in [7, 11) is -3.50. The van der Waals surface area contributed by atoms with Gasteiger partial charge in [0.2, 0.25) is 10.0 Å². The molecule has 1 aromatic carbocycles. The van der Waals surface area contributed by atoms with Crippen molar-refractivity contribution in [3.05, 3.63) is 28.8 Å². The first-order valence-corrected chi connectivity index (χ1v) is 8.89. The van der Waals surface area contributed by atoms with Gasteiger partial charge in [-0.1, -0.05) is 6.07 Å². The Morgan fingerprint density at radius 2 is 2.16 bits per heavy atom. The summed E-state index contributed by atoms with van der Waals surface area (Å²) in [6, 6.07) is 3.40. The van der Waals surface area contributed by atoms with Crippen LogP contribution in [0.25, 0.3) is 0 Å². The fourth-order valence-electron chi connectivity index (χ4n) is 2.18. The van der Waals surface area contributed by atoms with Crippen molar-refractivity contribution in [1.29, 1.82) is 0 Å². The number of nitrogens with one attached hydrogen (secondary N) is 1. The number of hydrogen-bond donors (Lipinski definition) is 2. The maximum absolute atomic E-state index is 12.4. The molecule has 1 aromatic rings. The van der Waals surface area contributed by atoms with Gasteiger partial charge in [0, 0.05) is 11.8 Å². The molecule has 106 valence electrons. The minimum absolute atomic E-state index is 0.0208. The summed E-state index contributed by atoms with van der Waals surface area (Å²) in [5.74, 6) is 1.83. The molecule has 19 heavy (non-hydrogen) atoms. The highest BCUT2D eigenvalue weighted by atomic mass is 32.2. The van der Waals surface area contributed by atoms with Gasteiger partial charge in [-0.05, 0) is 48.8 Å². The Morgan fingerprint density at radius 1 is 1.42 bits per heavy atom. The van der Waals surface area contributed by atoms with Crippen molar-refractivity contribution in [3.8, 4) is 0 Å². The third-order valence-corrected chi connectivity index (χ3v) is 6.21. The molecule has 1 aliphatic rings. The van der Waals surface area contributed by atoms with Crippen LogP contribution in [0.2, 0.25) is 0 Å². The first kappa shape index (κ1) is 14.8. The maximum Gasteiger partial charge on any atom is 0.241 e. The van der Waals surface area contributed by atoms with Crippen molar-refractivity contribution in [2.24, 2.45) is 0 Å². The van der Waals surface area contributed by atoms with Crippen LogP contribution in [0, 0.1) is 13.8 Å². The SMILES string of the molecule is Cc1cc(CO)cc(S(=O)(=O)NC2CCSC2)c1C. The Labute approximate surface area is 118 Å². The van der Waals surface area contributed by atoms with Crippen molar-refractivity contribution in [2.45, 2.75) is 37.8 Å². The van der Waals surface area contributed by atoms with E-state index in [1.165, 1.54) is 0 Å². The highest BCUT2D eigenvalue weighted by Crippen LogP contribution is 2.24. The second-order valence-corrected chi connectivity index (χ2v) is 7.71. The van der Waals surface area contributed by atoms with Gasteiger partial charge in [-0.15, -0.1) is 0 Å². The van der Waals surface area contributed by atoms with Crippen LogP contribution in [0.4, 0.5) is 0 Å². The molecule has 1 aliphatic heterocycles. The minimum atomic E-state index is -3.50. The number of sulfonamides is 1. The van der Waals surface area contributed by atoms with E-state index in [0.29, 0.717) is 5.56 Å². The normalized spacial score (nSPS) is 19.8. The summed E-state index contributed by atoms with van der Waals surface area (Å²) in [5.41, 5.74) is 2.26. The van der Waals surface area contributed by atoms with Gasteiger partial charge in [0.25, 0.3) is 0 Å². The van der Waals surface area contributed by atoms with Crippen LogP contribution in [-0.2, 0) is 16.6 Å². The summed E-state index contributed by atoms with van der Waals surface area (Å²) in [4.78, 5) is 0.286. The molecule has 4 nitrogen and oxygen atoms in total. The molecule has 0 aliphatic carbocycles. The fraction of sp³-hybridized carbons (Fsp3) is 0.538. The summed E-state index contributed by atoms with van der Waals surface area (Å²) in [6.45, 7) is 3.51. The molecule has 1 atom stereocenters. The number of aliphatic hydroxyl groups excluding tert-OH is 1. The zero-order valence-corrected chi connectivity index (χ0v) is 12.8. The lowest BCUT2D eigenvalue weighted by Gasteiger charge is -2.16. The lowest BCUT2D eigenvalue weighted by molar-refractivity contribution is 0.281. The third-order valence-electron chi connectivity index (χ3n) is 3.40. The van der Waals surface area contributed by atoms with E-state index in [2.05, 4.69) is 4.72 Å². The van der Waals surface area contributed by atoms with E-state index in [-0.39, 0.29) is 17.5 Å². The number of aliphatic hydroxyl groups is 1.